The first-order chi connectivity index (χ1) is 18.7. The summed E-state index contributed by atoms with van der Waals surface area (Å²) in [5.74, 6) is -0.298. The highest BCUT2D eigenvalue weighted by Crippen LogP contribution is 2.39. The van der Waals surface area contributed by atoms with Crippen molar-refractivity contribution in [2.75, 3.05) is 7.05 Å². The van der Waals surface area contributed by atoms with Gasteiger partial charge in [0.25, 0.3) is 5.89 Å². The van der Waals surface area contributed by atoms with Crippen molar-refractivity contribution in [1.82, 2.24) is 15.0 Å². The summed E-state index contributed by atoms with van der Waals surface area (Å²) in [6, 6.07) is 17.1. The molecule has 3 aromatic carbocycles. The largest absolute Gasteiger partial charge is 0.480 e. The van der Waals surface area contributed by atoms with Gasteiger partial charge in [-0.05, 0) is 72.8 Å². The summed E-state index contributed by atoms with van der Waals surface area (Å²) in [4.78, 5) is 18.4. The van der Waals surface area contributed by atoms with Crippen LogP contribution in [0.1, 0.15) is 50.4 Å². The third-order valence-corrected chi connectivity index (χ3v) is 7.12. The van der Waals surface area contributed by atoms with E-state index in [4.69, 9.17) is 4.52 Å². The molecule has 0 amide bonds. The van der Waals surface area contributed by atoms with Crippen LogP contribution >= 0.6 is 0 Å². The van der Waals surface area contributed by atoms with E-state index in [0.717, 1.165) is 11.6 Å². The number of carboxylic acid groups (broad SMARTS) is 1. The van der Waals surface area contributed by atoms with E-state index in [1.54, 1.807) is 38.2 Å². The Labute approximate surface area is 231 Å². The molecule has 0 aliphatic rings. The maximum absolute atomic E-state index is 13.6. The quantitative estimate of drug-likeness (QED) is 0.252. The van der Waals surface area contributed by atoms with E-state index in [1.807, 2.05) is 56.9 Å². The minimum atomic E-state index is -4.47. The number of aromatic nitrogens is 2. The highest BCUT2D eigenvalue weighted by molar-refractivity contribution is 5.75. The molecule has 2 unspecified atom stereocenters. The first kappa shape index (κ1) is 29.0. The van der Waals surface area contributed by atoms with Crippen LogP contribution in [0.5, 0.6) is 0 Å². The molecule has 1 aromatic heterocycles. The Morgan fingerprint density at radius 3 is 2.27 bits per heavy atom. The van der Waals surface area contributed by atoms with Gasteiger partial charge in [0.05, 0.1) is 5.56 Å². The minimum Gasteiger partial charge on any atom is -0.480 e. The lowest BCUT2D eigenvalue weighted by Gasteiger charge is -2.38. The van der Waals surface area contributed by atoms with Gasteiger partial charge in [-0.15, -0.1) is 0 Å². The normalized spacial score (nSPS) is 13.8. The molecule has 0 bridgehead atoms. The van der Waals surface area contributed by atoms with E-state index in [-0.39, 0.29) is 17.5 Å². The van der Waals surface area contributed by atoms with Crippen LogP contribution in [0.3, 0.4) is 0 Å². The Morgan fingerprint density at radius 2 is 1.65 bits per heavy atom. The third kappa shape index (κ3) is 5.94. The summed E-state index contributed by atoms with van der Waals surface area (Å²) in [7, 11) is 1.80. The molecule has 210 valence electrons. The second-order valence-electron chi connectivity index (χ2n) is 11.1. The van der Waals surface area contributed by atoms with Gasteiger partial charge in [-0.25, -0.2) is 0 Å². The smallest absolute Gasteiger partial charge is 0.417 e. The SMILES string of the molecule is Cc1cc(-c2nc(-c3cccc(C(C)N(C)C(C(=O)O)C(C)(C)C)c3)no2)ccc1-c1ccccc1C(F)(F)F. The van der Waals surface area contributed by atoms with E-state index in [2.05, 4.69) is 10.1 Å². The number of rotatable bonds is 7. The molecule has 0 aliphatic carbocycles. The lowest BCUT2D eigenvalue weighted by atomic mass is 9.84. The minimum absolute atomic E-state index is 0.109. The lowest BCUT2D eigenvalue weighted by Crippen LogP contribution is -2.48. The van der Waals surface area contributed by atoms with Gasteiger partial charge < -0.3 is 9.63 Å². The van der Waals surface area contributed by atoms with E-state index in [0.29, 0.717) is 28.1 Å². The predicted molar refractivity (Wildman–Crippen MR) is 147 cm³/mol. The maximum Gasteiger partial charge on any atom is 0.417 e. The molecule has 40 heavy (non-hydrogen) atoms. The Hall–Kier alpha value is -3.98. The Morgan fingerprint density at radius 1 is 0.950 bits per heavy atom. The number of carbonyl (C=O) groups is 1. The van der Waals surface area contributed by atoms with Crippen LogP contribution in [-0.2, 0) is 11.0 Å². The van der Waals surface area contributed by atoms with Crippen LogP contribution in [-0.4, -0.2) is 39.2 Å². The molecule has 0 aliphatic heterocycles. The number of alkyl halides is 3. The standard InChI is InChI=1S/C31H32F3N3O3/c1-18-16-22(14-15-23(18)24-12-7-8-13-25(24)31(32,33)34)28-35-27(36-40-28)21-11-9-10-20(17-21)19(2)37(6)26(29(38)39)30(3,4)5/h7-17,19,26H,1-6H3,(H,38,39). The molecular weight excluding hydrogens is 519 g/mol. The predicted octanol–water partition coefficient (Wildman–Crippen LogP) is 7.89. The van der Waals surface area contributed by atoms with Crippen molar-refractivity contribution >= 4 is 5.97 Å². The van der Waals surface area contributed by atoms with Gasteiger partial charge in [0, 0.05) is 17.2 Å². The van der Waals surface area contributed by atoms with Gasteiger partial charge in [-0.1, -0.05) is 68.4 Å². The number of hydrogen-bond donors (Lipinski definition) is 1. The number of aryl methyl sites for hydroxylation is 1. The second kappa shape index (κ2) is 10.9. The molecule has 0 saturated heterocycles. The first-order valence-corrected chi connectivity index (χ1v) is 12.8. The second-order valence-corrected chi connectivity index (χ2v) is 11.1. The molecule has 6 nitrogen and oxygen atoms in total. The number of halogens is 3. The van der Waals surface area contributed by atoms with E-state index < -0.39 is 29.2 Å². The maximum atomic E-state index is 13.6. The fraction of sp³-hybridized carbons (Fsp3) is 0.323. The van der Waals surface area contributed by atoms with Crippen molar-refractivity contribution in [2.24, 2.45) is 5.41 Å². The van der Waals surface area contributed by atoms with Crippen LogP contribution in [0.4, 0.5) is 13.2 Å². The zero-order valence-corrected chi connectivity index (χ0v) is 23.2. The molecule has 0 fully saturated rings. The number of carboxylic acids is 1. The fourth-order valence-electron chi connectivity index (χ4n) is 5.07. The topological polar surface area (TPSA) is 79.5 Å². The molecule has 0 saturated carbocycles. The van der Waals surface area contributed by atoms with Crippen molar-refractivity contribution < 1.29 is 27.6 Å². The molecule has 1 heterocycles. The van der Waals surface area contributed by atoms with Gasteiger partial charge in [0.2, 0.25) is 5.82 Å². The molecule has 1 N–H and O–H groups in total. The third-order valence-electron chi connectivity index (χ3n) is 7.12. The summed E-state index contributed by atoms with van der Waals surface area (Å²) in [6.07, 6.45) is -4.47. The molecule has 0 spiro atoms. The number of likely N-dealkylation sites (N-methyl/N-ethyl adjacent to an activating group) is 1. The van der Waals surface area contributed by atoms with Gasteiger partial charge >= 0.3 is 12.1 Å². The molecule has 2 atom stereocenters. The van der Waals surface area contributed by atoms with Crippen LogP contribution < -0.4 is 0 Å². The van der Waals surface area contributed by atoms with E-state index in [1.165, 1.54) is 12.1 Å². The Balaban J connectivity index is 1.61. The van der Waals surface area contributed by atoms with Gasteiger partial charge in [-0.2, -0.15) is 18.2 Å². The van der Waals surface area contributed by atoms with Crippen molar-refractivity contribution in [1.29, 1.82) is 0 Å². The Bertz CT molecular complexity index is 1520. The first-order valence-electron chi connectivity index (χ1n) is 12.8. The molecule has 4 rings (SSSR count). The van der Waals surface area contributed by atoms with Crippen molar-refractivity contribution in [3.8, 4) is 34.0 Å². The average Bonchev–Trinajstić information content (AvgIpc) is 3.37. The lowest BCUT2D eigenvalue weighted by molar-refractivity contribution is -0.148. The number of benzene rings is 3. The number of aliphatic carboxylic acids is 1. The van der Waals surface area contributed by atoms with Crippen LogP contribution in [0.2, 0.25) is 0 Å². The number of nitrogens with zero attached hydrogens (tertiary/aromatic N) is 3. The van der Waals surface area contributed by atoms with Gasteiger partial charge in [-0.3, -0.25) is 9.69 Å². The average molecular weight is 552 g/mol. The van der Waals surface area contributed by atoms with Crippen molar-refractivity contribution in [2.45, 2.75) is 52.9 Å². The fourth-order valence-corrected chi connectivity index (χ4v) is 5.07. The Kier molecular flexibility index (Phi) is 7.90. The van der Waals surface area contributed by atoms with Crippen LogP contribution in [0.15, 0.2) is 71.3 Å². The van der Waals surface area contributed by atoms with Gasteiger partial charge in [0.1, 0.15) is 6.04 Å². The molecule has 0 radical (unpaired) electrons. The van der Waals surface area contributed by atoms with Gasteiger partial charge in [0.15, 0.2) is 0 Å². The van der Waals surface area contributed by atoms with Crippen molar-refractivity contribution in [3.63, 3.8) is 0 Å². The number of hydrogen-bond acceptors (Lipinski definition) is 5. The highest BCUT2D eigenvalue weighted by atomic mass is 19.4. The zero-order valence-electron chi connectivity index (χ0n) is 23.2. The summed E-state index contributed by atoms with van der Waals surface area (Å²) < 4.78 is 46.2. The van der Waals surface area contributed by atoms with E-state index in [9.17, 15) is 23.1 Å². The molecule has 9 heteroatoms. The summed E-state index contributed by atoms with van der Waals surface area (Å²) in [5.41, 5.74) is 2.23. The monoisotopic (exact) mass is 551 g/mol. The molecular formula is C31H32F3N3O3. The van der Waals surface area contributed by atoms with E-state index >= 15 is 0 Å². The summed E-state index contributed by atoms with van der Waals surface area (Å²) >= 11 is 0. The van der Waals surface area contributed by atoms with Crippen LogP contribution in [0.25, 0.3) is 34.0 Å². The summed E-state index contributed by atoms with van der Waals surface area (Å²) in [6.45, 7) is 9.39. The van der Waals surface area contributed by atoms with Crippen LogP contribution in [0, 0.1) is 12.3 Å². The van der Waals surface area contributed by atoms with Crippen molar-refractivity contribution in [3.05, 3.63) is 83.4 Å². The zero-order chi connectivity index (χ0) is 29.4. The molecule has 4 aromatic rings. The highest BCUT2D eigenvalue weighted by Gasteiger charge is 2.37. The summed E-state index contributed by atoms with van der Waals surface area (Å²) in [5, 5.41) is 14.0.